The van der Waals surface area contributed by atoms with Crippen LogP contribution in [-0.4, -0.2) is 25.3 Å². The van der Waals surface area contributed by atoms with Crippen LogP contribution in [0.3, 0.4) is 0 Å². The van der Waals surface area contributed by atoms with Gasteiger partial charge >= 0.3 is 0 Å². The highest BCUT2D eigenvalue weighted by atomic mass is 35.5. The molecule has 21 heavy (non-hydrogen) atoms. The van der Waals surface area contributed by atoms with Crippen molar-refractivity contribution in [2.45, 2.75) is 59.6 Å². The van der Waals surface area contributed by atoms with E-state index in [4.69, 9.17) is 16.3 Å². The van der Waals surface area contributed by atoms with Crippen LogP contribution >= 0.6 is 11.6 Å². The molecule has 0 saturated carbocycles. The van der Waals surface area contributed by atoms with E-state index >= 15 is 0 Å². The average Bonchev–Trinajstić information content (AvgIpc) is 2.40. The molecule has 0 aliphatic carbocycles. The molecule has 0 aliphatic rings. The predicted octanol–water partition coefficient (Wildman–Crippen LogP) is 4.70. The molecule has 120 valence electrons. The Morgan fingerprint density at radius 1 is 1.24 bits per heavy atom. The molecule has 2 unspecified atom stereocenters. The third-order valence-electron chi connectivity index (χ3n) is 3.57. The average molecular weight is 312 g/mol. The van der Waals surface area contributed by atoms with Crippen LogP contribution in [0.4, 0.5) is 0 Å². The molecular formula is C18H30ClNO. The molecule has 2 nitrogen and oxygen atoms in total. The lowest BCUT2D eigenvalue weighted by molar-refractivity contribution is -0.0355. The molecule has 0 bridgehead atoms. The second-order valence-corrected chi connectivity index (χ2v) is 7.07. The first-order valence-corrected chi connectivity index (χ1v) is 8.35. The van der Waals surface area contributed by atoms with E-state index in [1.165, 1.54) is 5.56 Å². The zero-order chi connectivity index (χ0) is 15.9. The number of nitrogens with one attached hydrogen (secondary N) is 1. The Kier molecular flexibility index (Phi) is 7.72. The highest BCUT2D eigenvalue weighted by molar-refractivity contribution is 6.30. The largest absolute Gasteiger partial charge is 0.376 e. The molecular weight excluding hydrogens is 282 g/mol. The van der Waals surface area contributed by atoms with E-state index in [9.17, 15) is 0 Å². The minimum atomic E-state index is 0.0972. The van der Waals surface area contributed by atoms with E-state index in [0.29, 0.717) is 6.04 Å². The number of hydrogen-bond acceptors (Lipinski definition) is 2. The first-order valence-electron chi connectivity index (χ1n) is 7.97. The van der Waals surface area contributed by atoms with Crippen molar-refractivity contribution in [1.29, 1.82) is 0 Å². The zero-order valence-electron chi connectivity index (χ0n) is 14.1. The maximum absolute atomic E-state index is 6.11. The second-order valence-electron chi connectivity index (χ2n) is 6.64. The van der Waals surface area contributed by atoms with Crippen LogP contribution in [0.2, 0.25) is 5.02 Å². The number of ether oxygens (including phenoxy) is 1. The van der Waals surface area contributed by atoms with Crippen molar-refractivity contribution >= 4 is 11.6 Å². The van der Waals surface area contributed by atoms with Crippen LogP contribution in [0.1, 0.15) is 46.6 Å². The van der Waals surface area contributed by atoms with Gasteiger partial charge in [-0.1, -0.05) is 51.4 Å². The van der Waals surface area contributed by atoms with Gasteiger partial charge in [0.2, 0.25) is 0 Å². The fraction of sp³-hybridized carbons (Fsp3) is 0.667. The van der Waals surface area contributed by atoms with Gasteiger partial charge in [-0.2, -0.15) is 0 Å². The summed E-state index contributed by atoms with van der Waals surface area (Å²) in [5.74, 6) is 0. The van der Waals surface area contributed by atoms with Gasteiger partial charge in [0, 0.05) is 17.7 Å². The van der Waals surface area contributed by atoms with Gasteiger partial charge in [-0.15, -0.1) is 0 Å². The van der Waals surface area contributed by atoms with E-state index in [-0.39, 0.29) is 11.5 Å². The van der Waals surface area contributed by atoms with Crippen molar-refractivity contribution in [3.63, 3.8) is 0 Å². The summed E-state index contributed by atoms with van der Waals surface area (Å²) in [6.45, 7) is 12.7. The fourth-order valence-corrected chi connectivity index (χ4v) is 2.90. The first-order chi connectivity index (χ1) is 9.88. The Balaban J connectivity index is 2.91. The molecule has 1 aromatic carbocycles. The van der Waals surface area contributed by atoms with Crippen molar-refractivity contribution in [3.05, 3.63) is 34.9 Å². The maximum Gasteiger partial charge on any atom is 0.0779 e. The summed E-state index contributed by atoms with van der Waals surface area (Å²) >= 11 is 6.11. The molecule has 0 saturated heterocycles. The third kappa shape index (κ3) is 6.37. The molecule has 1 rings (SSSR count). The number of hydrogen-bond donors (Lipinski definition) is 1. The van der Waals surface area contributed by atoms with Crippen LogP contribution in [0, 0.1) is 5.41 Å². The van der Waals surface area contributed by atoms with Crippen molar-refractivity contribution in [3.8, 4) is 0 Å². The lowest BCUT2D eigenvalue weighted by atomic mass is 9.82. The highest BCUT2D eigenvalue weighted by Gasteiger charge is 2.32. The van der Waals surface area contributed by atoms with Gasteiger partial charge < -0.3 is 10.1 Å². The van der Waals surface area contributed by atoms with E-state index < -0.39 is 0 Å². The molecule has 0 heterocycles. The van der Waals surface area contributed by atoms with Gasteiger partial charge in [0.1, 0.15) is 0 Å². The standard InChI is InChI=1S/C18H30ClNO/c1-6-11-20-16(17(21-7-2)18(3,4)5)13-14-9-8-10-15(19)12-14/h8-10,12,16-17,20H,6-7,11,13H2,1-5H3. The normalized spacial score (nSPS) is 15.0. The Hall–Kier alpha value is -0.570. The fourth-order valence-electron chi connectivity index (χ4n) is 2.68. The smallest absolute Gasteiger partial charge is 0.0779 e. The van der Waals surface area contributed by atoms with Crippen molar-refractivity contribution in [2.75, 3.05) is 13.2 Å². The zero-order valence-corrected chi connectivity index (χ0v) is 14.8. The molecule has 0 aliphatic heterocycles. The minimum absolute atomic E-state index is 0.0972. The topological polar surface area (TPSA) is 21.3 Å². The molecule has 0 amide bonds. The lowest BCUT2D eigenvalue weighted by Gasteiger charge is -2.37. The van der Waals surface area contributed by atoms with Crippen molar-refractivity contribution < 1.29 is 4.74 Å². The molecule has 0 radical (unpaired) electrons. The van der Waals surface area contributed by atoms with Crippen molar-refractivity contribution in [1.82, 2.24) is 5.32 Å². The molecule has 1 aromatic rings. The Bertz CT molecular complexity index is 414. The van der Waals surface area contributed by atoms with Gasteiger partial charge in [-0.3, -0.25) is 0 Å². The molecule has 0 fully saturated rings. The summed E-state index contributed by atoms with van der Waals surface area (Å²) in [4.78, 5) is 0. The maximum atomic E-state index is 6.11. The number of rotatable bonds is 8. The first kappa shape index (κ1) is 18.5. The van der Waals surface area contributed by atoms with Gasteiger partial charge in [0.05, 0.1) is 6.10 Å². The summed E-state index contributed by atoms with van der Waals surface area (Å²) in [7, 11) is 0. The van der Waals surface area contributed by atoms with Crippen LogP contribution in [-0.2, 0) is 11.2 Å². The lowest BCUT2D eigenvalue weighted by Crippen LogP contribution is -2.49. The highest BCUT2D eigenvalue weighted by Crippen LogP contribution is 2.27. The molecule has 3 heteroatoms. The van der Waals surface area contributed by atoms with E-state index in [1.807, 2.05) is 18.2 Å². The van der Waals surface area contributed by atoms with Crippen molar-refractivity contribution in [2.24, 2.45) is 5.41 Å². The van der Waals surface area contributed by atoms with Gasteiger partial charge in [-0.05, 0) is 49.4 Å². The molecule has 2 atom stereocenters. The summed E-state index contributed by atoms with van der Waals surface area (Å²) < 4.78 is 6.07. The summed E-state index contributed by atoms with van der Waals surface area (Å²) in [5, 5.41) is 4.46. The second kappa shape index (κ2) is 8.77. The predicted molar refractivity (Wildman–Crippen MR) is 92.1 cm³/mol. The number of halogens is 1. The minimum Gasteiger partial charge on any atom is -0.376 e. The monoisotopic (exact) mass is 311 g/mol. The quantitative estimate of drug-likeness (QED) is 0.751. The Labute approximate surface area is 135 Å². The summed E-state index contributed by atoms with van der Waals surface area (Å²) in [5.41, 5.74) is 1.35. The number of benzene rings is 1. The van der Waals surface area contributed by atoms with E-state index in [2.05, 4.69) is 46.0 Å². The summed E-state index contributed by atoms with van der Waals surface area (Å²) in [6, 6.07) is 8.42. The van der Waals surface area contributed by atoms with Crippen LogP contribution < -0.4 is 5.32 Å². The molecule has 0 aromatic heterocycles. The van der Waals surface area contributed by atoms with Gasteiger partial charge in [0.25, 0.3) is 0 Å². The van der Waals surface area contributed by atoms with E-state index in [0.717, 1.165) is 31.0 Å². The molecule has 0 spiro atoms. The third-order valence-corrected chi connectivity index (χ3v) is 3.80. The van der Waals surface area contributed by atoms with Gasteiger partial charge in [0.15, 0.2) is 0 Å². The summed E-state index contributed by atoms with van der Waals surface area (Å²) in [6.07, 6.45) is 2.23. The Morgan fingerprint density at radius 2 is 1.95 bits per heavy atom. The SMILES string of the molecule is CCCNC(Cc1cccc(Cl)c1)C(OCC)C(C)(C)C. The van der Waals surface area contributed by atoms with Crippen LogP contribution in [0.15, 0.2) is 24.3 Å². The van der Waals surface area contributed by atoms with Crippen LogP contribution in [0.25, 0.3) is 0 Å². The van der Waals surface area contributed by atoms with E-state index in [1.54, 1.807) is 0 Å². The molecule has 1 N–H and O–H groups in total. The van der Waals surface area contributed by atoms with Gasteiger partial charge in [-0.25, -0.2) is 0 Å². The Morgan fingerprint density at radius 3 is 2.48 bits per heavy atom. The van der Waals surface area contributed by atoms with Crippen LogP contribution in [0.5, 0.6) is 0 Å².